The molecule has 4 nitrogen and oxygen atoms in total. The number of carbonyl (C=O) groups excluding carboxylic acids is 2. The molecule has 4 saturated carbocycles. The summed E-state index contributed by atoms with van der Waals surface area (Å²) in [5.41, 5.74) is 5.86. The quantitative estimate of drug-likeness (QED) is 0.862. The molecule has 1 aromatic rings. The molecule has 25 heavy (non-hydrogen) atoms. The minimum atomic E-state index is -0.790. The molecule has 4 fully saturated rings. The summed E-state index contributed by atoms with van der Waals surface area (Å²) in [4.78, 5) is 24.9. The Morgan fingerprint density at radius 2 is 1.76 bits per heavy atom. The smallest absolute Gasteiger partial charge is 0.240 e. The maximum absolute atomic E-state index is 13.4. The van der Waals surface area contributed by atoms with Gasteiger partial charge in [-0.15, -0.1) is 0 Å². The van der Waals surface area contributed by atoms with E-state index in [0.717, 1.165) is 19.3 Å². The van der Waals surface area contributed by atoms with Crippen molar-refractivity contribution in [2.24, 2.45) is 28.9 Å². The number of hydrogen-bond acceptors (Lipinski definition) is 2. The van der Waals surface area contributed by atoms with E-state index in [4.69, 9.17) is 5.73 Å². The largest absolute Gasteiger partial charge is 0.368 e. The molecule has 0 aliphatic heterocycles. The number of halogens is 1. The van der Waals surface area contributed by atoms with Gasteiger partial charge in [0.1, 0.15) is 11.9 Å². The van der Waals surface area contributed by atoms with Crippen molar-refractivity contribution in [2.75, 3.05) is 0 Å². The summed E-state index contributed by atoms with van der Waals surface area (Å²) in [5, 5.41) is 2.91. The van der Waals surface area contributed by atoms with Gasteiger partial charge in [0.05, 0.1) is 0 Å². The van der Waals surface area contributed by atoms with Crippen molar-refractivity contribution >= 4 is 11.8 Å². The fraction of sp³-hybridized carbons (Fsp3) is 0.600. The lowest BCUT2D eigenvalue weighted by Gasteiger charge is -2.55. The van der Waals surface area contributed by atoms with Crippen LogP contribution >= 0.6 is 0 Å². The minimum absolute atomic E-state index is 0.0215. The SMILES string of the molecule is NC(=O)[C@H](Cc1cccc(F)c1)NC(=O)C12CC3CC(CC(C3)C1)C2. The van der Waals surface area contributed by atoms with E-state index in [1.807, 2.05) is 0 Å². The molecule has 5 heteroatoms. The lowest BCUT2D eigenvalue weighted by atomic mass is 9.49. The normalized spacial score (nSPS) is 33.9. The standard InChI is InChI=1S/C20H25FN2O2/c21-16-3-1-2-12(7-16)8-17(18(22)24)23-19(25)20-9-13-4-14(10-20)6-15(5-13)11-20/h1-3,7,13-15,17H,4-6,8-11H2,(H2,22,24)(H,23,25)/t13?,14?,15?,17-,20?/m0/s1. The fourth-order valence-electron chi connectivity index (χ4n) is 5.82. The van der Waals surface area contributed by atoms with Crippen LogP contribution in [0.25, 0.3) is 0 Å². The summed E-state index contributed by atoms with van der Waals surface area (Å²) in [6.07, 6.45) is 6.83. The maximum Gasteiger partial charge on any atom is 0.240 e. The molecule has 4 aliphatic carbocycles. The van der Waals surface area contributed by atoms with Gasteiger partial charge in [0, 0.05) is 11.8 Å². The Bertz CT molecular complexity index is 667. The summed E-state index contributed by atoms with van der Waals surface area (Å²) in [5.74, 6) is 1.04. The van der Waals surface area contributed by atoms with Gasteiger partial charge in [-0.2, -0.15) is 0 Å². The molecule has 5 rings (SSSR count). The van der Waals surface area contributed by atoms with E-state index in [0.29, 0.717) is 23.3 Å². The number of benzene rings is 1. The molecule has 0 aromatic heterocycles. The van der Waals surface area contributed by atoms with Crippen LogP contribution in [0.1, 0.15) is 44.1 Å². The van der Waals surface area contributed by atoms with Gasteiger partial charge in [0.15, 0.2) is 0 Å². The summed E-state index contributed by atoms with van der Waals surface area (Å²) >= 11 is 0. The molecule has 0 radical (unpaired) electrons. The maximum atomic E-state index is 13.4. The molecule has 1 atom stereocenters. The fourth-order valence-corrected chi connectivity index (χ4v) is 5.82. The van der Waals surface area contributed by atoms with Crippen molar-refractivity contribution in [1.82, 2.24) is 5.32 Å². The number of nitrogens with two attached hydrogens (primary N) is 1. The Morgan fingerprint density at radius 3 is 2.28 bits per heavy atom. The number of primary amides is 1. The zero-order valence-corrected chi connectivity index (χ0v) is 14.3. The van der Waals surface area contributed by atoms with Crippen molar-refractivity contribution < 1.29 is 14.0 Å². The van der Waals surface area contributed by atoms with Gasteiger partial charge in [-0.25, -0.2) is 4.39 Å². The predicted octanol–water partition coefficient (Wildman–Crippen LogP) is 2.55. The van der Waals surface area contributed by atoms with Crippen LogP contribution in [-0.2, 0) is 16.0 Å². The van der Waals surface area contributed by atoms with E-state index in [-0.39, 0.29) is 23.6 Å². The second-order valence-corrected chi connectivity index (χ2v) is 8.46. The average molecular weight is 344 g/mol. The minimum Gasteiger partial charge on any atom is -0.368 e. The first-order chi connectivity index (χ1) is 11.9. The van der Waals surface area contributed by atoms with Crippen molar-refractivity contribution in [3.8, 4) is 0 Å². The van der Waals surface area contributed by atoms with Gasteiger partial charge in [-0.1, -0.05) is 12.1 Å². The summed E-state index contributed by atoms with van der Waals surface area (Å²) in [6.45, 7) is 0. The third-order valence-electron chi connectivity index (χ3n) is 6.50. The van der Waals surface area contributed by atoms with E-state index in [1.165, 1.54) is 31.4 Å². The van der Waals surface area contributed by atoms with Crippen molar-refractivity contribution in [3.05, 3.63) is 35.6 Å². The van der Waals surface area contributed by atoms with Crippen LogP contribution in [0, 0.1) is 29.0 Å². The first kappa shape index (κ1) is 16.6. The molecule has 2 amide bonds. The molecule has 4 bridgehead atoms. The third kappa shape index (κ3) is 3.16. The van der Waals surface area contributed by atoms with Crippen LogP contribution in [0.2, 0.25) is 0 Å². The molecular formula is C20H25FN2O2. The number of amides is 2. The van der Waals surface area contributed by atoms with E-state index < -0.39 is 11.9 Å². The van der Waals surface area contributed by atoms with Crippen LogP contribution in [-0.4, -0.2) is 17.9 Å². The first-order valence-electron chi connectivity index (χ1n) is 9.28. The van der Waals surface area contributed by atoms with Gasteiger partial charge in [0.2, 0.25) is 11.8 Å². The highest BCUT2D eigenvalue weighted by molar-refractivity contribution is 5.89. The lowest BCUT2D eigenvalue weighted by Crippen LogP contribution is -2.57. The Hall–Kier alpha value is -1.91. The molecule has 0 saturated heterocycles. The Labute approximate surface area is 147 Å². The summed E-state index contributed by atoms with van der Waals surface area (Å²) < 4.78 is 13.4. The highest BCUT2D eigenvalue weighted by atomic mass is 19.1. The second-order valence-electron chi connectivity index (χ2n) is 8.46. The number of carbonyl (C=O) groups is 2. The van der Waals surface area contributed by atoms with Crippen molar-refractivity contribution in [2.45, 2.75) is 51.0 Å². The van der Waals surface area contributed by atoms with Gasteiger partial charge in [-0.3, -0.25) is 9.59 Å². The van der Waals surface area contributed by atoms with Crippen LogP contribution in [0.4, 0.5) is 4.39 Å². The summed E-state index contributed by atoms with van der Waals surface area (Å²) in [7, 11) is 0. The predicted molar refractivity (Wildman–Crippen MR) is 91.8 cm³/mol. The number of hydrogen-bond donors (Lipinski definition) is 2. The van der Waals surface area contributed by atoms with Gasteiger partial charge in [-0.05, 0) is 74.0 Å². The first-order valence-corrected chi connectivity index (χ1v) is 9.28. The zero-order valence-electron chi connectivity index (χ0n) is 14.3. The third-order valence-corrected chi connectivity index (χ3v) is 6.50. The molecule has 4 aliphatic rings. The molecule has 3 N–H and O–H groups in total. The van der Waals surface area contributed by atoms with E-state index in [1.54, 1.807) is 12.1 Å². The number of nitrogens with one attached hydrogen (secondary N) is 1. The highest BCUT2D eigenvalue weighted by Crippen LogP contribution is 2.60. The van der Waals surface area contributed by atoms with Gasteiger partial charge < -0.3 is 11.1 Å². The molecule has 0 heterocycles. The van der Waals surface area contributed by atoms with E-state index in [2.05, 4.69) is 5.32 Å². The lowest BCUT2D eigenvalue weighted by molar-refractivity contribution is -0.148. The average Bonchev–Trinajstić information content (AvgIpc) is 2.52. The highest BCUT2D eigenvalue weighted by Gasteiger charge is 2.54. The van der Waals surface area contributed by atoms with Gasteiger partial charge in [0.25, 0.3) is 0 Å². The monoisotopic (exact) mass is 344 g/mol. The van der Waals surface area contributed by atoms with Crippen LogP contribution in [0.5, 0.6) is 0 Å². The zero-order chi connectivity index (χ0) is 17.6. The Kier molecular flexibility index (Phi) is 4.05. The Balaban J connectivity index is 1.49. The van der Waals surface area contributed by atoms with Crippen LogP contribution in [0.15, 0.2) is 24.3 Å². The molecule has 134 valence electrons. The molecule has 1 aromatic carbocycles. The van der Waals surface area contributed by atoms with Gasteiger partial charge >= 0.3 is 0 Å². The molecule has 0 unspecified atom stereocenters. The van der Waals surface area contributed by atoms with Crippen LogP contribution < -0.4 is 11.1 Å². The molecule has 0 spiro atoms. The topological polar surface area (TPSA) is 72.2 Å². The van der Waals surface area contributed by atoms with Crippen molar-refractivity contribution in [1.29, 1.82) is 0 Å². The Morgan fingerprint density at radius 1 is 1.16 bits per heavy atom. The van der Waals surface area contributed by atoms with Crippen molar-refractivity contribution in [3.63, 3.8) is 0 Å². The second kappa shape index (κ2) is 6.11. The van der Waals surface area contributed by atoms with Crippen LogP contribution in [0.3, 0.4) is 0 Å². The summed E-state index contributed by atoms with van der Waals surface area (Å²) in [6, 6.07) is 5.30. The number of rotatable bonds is 5. The van der Waals surface area contributed by atoms with E-state index in [9.17, 15) is 14.0 Å². The van der Waals surface area contributed by atoms with E-state index >= 15 is 0 Å². The molecular weight excluding hydrogens is 319 g/mol.